The molecule has 0 spiro atoms. The number of hydrogen-bond donors (Lipinski definition) is 1. The second kappa shape index (κ2) is 8.50. The van der Waals surface area contributed by atoms with Crippen LogP contribution >= 0.6 is 11.3 Å². The first-order chi connectivity index (χ1) is 14.4. The first-order valence-electron chi connectivity index (χ1n) is 9.36. The van der Waals surface area contributed by atoms with Crippen LogP contribution in [0.15, 0.2) is 53.4 Å². The lowest BCUT2D eigenvalue weighted by molar-refractivity contribution is -0.119. The Hall–Kier alpha value is -2.82. The Balaban J connectivity index is 1.33. The molecule has 1 aliphatic heterocycles. The first kappa shape index (κ1) is 20.5. The molecule has 156 valence electrons. The zero-order valence-electron chi connectivity index (χ0n) is 15.9. The number of benzene rings is 2. The minimum atomic E-state index is -3.54. The normalized spacial score (nSPS) is 14.7. The summed E-state index contributed by atoms with van der Waals surface area (Å²) in [7, 11) is -3.54. The van der Waals surface area contributed by atoms with E-state index >= 15 is 0 Å². The number of esters is 1. The highest BCUT2D eigenvalue weighted by atomic mass is 32.2. The molecule has 1 N–H and O–H groups in total. The van der Waals surface area contributed by atoms with Gasteiger partial charge in [0, 0.05) is 13.1 Å². The molecule has 10 heteroatoms. The summed E-state index contributed by atoms with van der Waals surface area (Å²) in [5, 5.41) is 3.03. The summed E-state index contributed by atoms with van der Waals surface area (Å²) in [5.41, 5.74) is 0.946. The molecule has 1 aromatic heterocycles. The molecule has 0 radical (unpaired) electrons. The van der Waals surface area contributed by atoms with Gasteiger partial charge in [0.05, 0.1) is 20.7 Å². The number of thiazole rings is 1. The van der Waals surface area contributed by atoms with Crippen LogP contribution in [0.4, 0.5) is 5.13 Å². The minimum absolute atomic E-state index is 0.134. The third-order valence-electron chi connectivity index (χ3n) is 4.67. The number of sulfonamides is 1. The van der Waals surface area contributed by atoms with Gasteiger partial charge in [-0.05, 0) is 49.2 Å². The number of carbonyl (C=O) groups excluding carboxylic acids is 2. The van der Waals surface area contributed by atoms with Crippen molar-refractivity contribution in [3.8, 4) is 0 Å². The van der Waals surface area contributed by atoms with Gasteiger partial charge in [0.15, 0.2) is 11.7 Å². The van der Waals surface area contributed by atoms with Gasteiger partial charge in [-0.15, -0.1) is 0 Å². The van der Waals surface area contributed by atoms with Crippen LogP contribution in [0, 0.1) is 0 Å². The molecular weight excluding hydrogens is 426 g/mol. The highest BCUT2D eigenvalue weighted by Crippen LogP contribution is 2.25. The number of rotatable bonds is 6. The van der Waals surface area contributed by atoms with Crippen molar-refractivity contribution in [1.29, 1.82) is 0 Å². The number of para-hydroxylation sites is 1. The number of anilines is 1. The predicted octanol–water partition coefficient (Wildman–Crippen LogP) is 2.88. The summed E-state index contributed by atoms with van der Waals surface area (Å²) in [4.78, 5) is 28.7. The second-order valence-electron chi connectivity index (χ2n) is 6.75. The Morgan fingerprint density at radius 1 is 1.07 bits per heavy atom. The predicted molar refractivity (Wildman–Crippen MR) is 113 cm³/mol. The molecule has 0 atom stereocenters. The fourth-order valence-corrected chi connectivity index (χ4v) is 5.54. The zero-order valence-corrected chi connectivity index (χ0v) is 17.5. The van der Waals surface area contributed by atoms with E-state index in [0.717, 1.165) is 23.1 Å². The Labute approximate surface area is 177 Å². The lowest BCUT2D eigenvalue weighted by atomic mass is 10.2. The third kappa shape index (κ3) is 4.35. The van der Waals surface area contributed by atoms with E-state index in [2.05, 4.69) is 10.3 Å². The van der Waals surface area contributed by atoms with E-state index < -0.39 is 28.5 Å². The Morgan fingerprint density at radius 3 is 2.47 bits per heavy atom. The molecule has 4 rings (SSSR count). The van der Waals surface area contributed by atoms with Crippen LogP contribution in [0.1, 0.15) is 23.2 Å². The Morgan fingerprint density at radius 2 is 1.77 bits per heavy atom. The van der Waals surface area contributed by atoms with Crippen molar-refractivity contribution in [3.05, 3.63) is 54.1 Å². The highest BCUT2D eigenvalue weighted by Gasteiger charge is 2.27. The summed E-state index contributed by atoms with van der Waals surface area (Å²) in [6.07, 6.45) is 1.70. The van der Waals surface area contributed by atoms with Crippen LogP contribution in [0.25, 0.3) is 10.2 Å². The van der Waals surface area contributed by atoms with Crippen molar-refractivity contribution in [3.63, 3.8) is 0 Å². The SMILES string of the molecule is O=C(COC(=O)c1ccc(S(=O)(=O)N2CCCC2)cc1)Nc1nc2ccccc2s1. The number of ether oxygens (including phenoxy) is 1. The maximum Gasteiger partial charge on any atom is 0.338 e. The van der Waals surface area contributed by atoms with E-state index in [4.69, 9.17) is 4.74 Å². The van der Waals surface area contributed by atoms with Crippen LogP contribution in [0.5, 0.6) is 0 Å². The Bertz CT molecular complexity index is 1150. The summed E-state index contributed by atoms with van der Waals surface area (Å²) in [6.45, 7) is 0.550. The largest absolute Gasteiger partial charge is 0.452 e. The molecule has 0 bridgehead atoms. The lowest BCUT2D eigenvalue weighted by Gasteiger charge is -2.15. The number of amides is 1. The van der Waals surface area contributed by atoms with Crippen LogP contribution in [-0.2, 0) is 19.6 Å². The van der Waals surface area contributed by atoms with E-state index in [1.807, 2.05) is 24.3 Å². The molecule has 0 saturated carbocycles. The average Bonchev–Trinajstić information content (AvgIpc) is 3.42. The molecule has 30 heavy (non-hydrogen) atoms. The van der Waals surface area contributed by atoms with Gasteiger partial charge in [-0.3, -0.25) is 10.1 Å². The molecule has 3 aromatic rings. The monoisotopic (exact) mass is 445 g/mol. The van der Waals surface area contributed by atoms with Crippen LogP contribution in [-0.4, -0.2) is 49.3 Å². The number of nitrogens with zero attached hydrogens (tertiary/aromatic N) is 2. The summed E-state index contributed by atoms with van der Waals surface area (Å²) < 4.78 is 32.4. The summed E-state index contributed by atoms with van der Waals surface area (Å²) in [6, 6.07) is 13.0. The number of nitrogens with one attached hydrogen (secondary N) is 1. The third-order valence-corrected chi connectivity index (χ3v) is 7.53. The standard InChI is InChI=1S/C20H19N3O5S2/c24-18(22-20-21-16-5-1-2-6-17(16)29-20)13-28-19(25)14-7-9-15(10-8-14)30(26,27)23-11-3-4-12-23/h1-2,5-10H,3-4,11-13H2,(H,21,22,24). The quantitative estimate of drug-likeness (QED) is 0.585. The number of aromatic nitrogens is 1. The van der Waals surface area contributed by atoms with Crippen LogP contribution in [0.3, 0.4) is 0 Å². The molecule has 0 aliphatic carbocycles. The number of carbonyl (C=O) groups is 2. The molecular formula is C20H19N3O5S2. The zero-order chi connectivity index (χ0) is 21.1. The molecule has 1 fully saturated rings. The van der Waals surface area contributed by atoms with Crippen molar-refractivity contribution in [2.75, 3.05) is 25.0 Å². The van der Waals surface area contributed by atoms with Gasteiger partial charge in [-0.1, -0.05) is 23.5 Å². The summed E-state index contributed by atoms with van der Waals surface area (Å²) in [5.74, 6) is -1.21. The molecule has 1 aliphatic rings. The topological polar surface area (TPSA) is 106 Å². The van der Waals surface area contributed by atoms with E-state index in [9.17, 15) is 18.0 Å². The van der Waals surface area contributed by atoms with Gasteiger partial charge < -0.3 is 4.74 Å². The maximum atomic E-state index is 12.5. The summed E-state index contributed by atoms with van der Waals surface area (Å²) >= 11 is 1.33. The highest BCUT2D eigenvalue weighted by molar-refractivity contribution is 7.89. The molecule has 1 amide bonds. The van der Waals surface area contributed by atoms with Gasteiger partial charge in [0.1, 0.15) is 0 Å². The van der Waals surface area contributed by atoms with Crippen molar-refractivity contribution in [2.45, 2.75) is 17.7 Å². The van der Waals surface area contributed by atoms with Crippen LogP contribution in [0.2, 0.25) is 0 Å². The molecule has 8 nitrogen and oxygen atoms in total. The average molecular weight is 446 g/mol. The number of fused-ring (bicyclic) bond motifs is 1. The van der Waals surface area contributed by atoms with Gasteiger partial charge in [0.2, 0.25) is 10.0 Å². The molecule has 2 aromatic carbocycles. The molecule has 2 heterocycles. The van der Waals surface area contributed by atoms with Crippen molar-refractivity contribution in [2.24, 2.45) is 0 Å². The molecule has 0 unspecified atom stereocenters. The van der Waals surface area contributed by atoms with E-state index in [1.54, 1.807) is 0 Å². The Kier molecular flexibility index (Phi) is 5.80. The number of hydrogen-bond acceptors (Lipinski definition) is 7. The first-order valence-corrected chi connectivity index (χ1v) is 11.6. The van der Waals surface area contributed by atoms with Gasteiger partial charge in [-0.25, -0.2) is 18.2 Å². The minimum Gasteiger partial charge on any atom is -0.452 e. The lowest BCUT2D eigenvalue weighted by Crippen LogP contribution is -2.27. The fourth-order valence-electron chi connectivity index (χ4n) is 3.14. The van der Waals surface area contributed by atoms with Gasteiger partial charge in [-0.2, -0.15) is 4.31 Å². The van der Waals surface area contributed by atoms with Gasteiger partial charge >= 0.3 is 5.97 Å². The van der Waals surface area contributed by atoms with Crippen molar-refractivity contribution in [1.82, 2.24) is 9.29 Å². The van der Waals surface area contributed by atoms with E-state index in [0.29, 0.717) is 18.2 Å². The smallest absolute Gasteiger partial charge is 0.338 e. The van der Waals surface area contributed by atoms with Crippen molar-refractivity contribution < 1.29 is 22.7 Å². The molecule has 1 saturated heterocycles. The van der Waals surface area contributed by atoms with Gasteiger partial charge in [0.25, 0.3) is 5.91 Å². The fraction of sp³-hybridized carbons (Fsp3) is 0.250. The van der Waals surface area contributed by atoms with E-state index in [-0.39, 0.29) is 10.5 Å². The van der Waals surface area contributed by atoms with E-state index in [1.165, 1.54) is 39.9 Å². The second-order valence-corrected chi connectivity index (χ2v) is 9.72. The van der Waals surface area contributed by atoms with Crippen LogP contribution < -0.4 is 5.32 Å². The maximum absolute atomic E-state index is 12.5. The van der Waals surface area contributed by atoms with Crippen molar-refractivity contribution >= 4 is 48.6 Å².